The zero-order chi connectivity index (χ0) is 14.0. The summed E-state index contributed by atoms with van der Waals surface area (Å²) >= 11 is 0. The fourth-order valence-corrected chi connectivity index (χ4v) is 2.20. The summed E-state index contributed by atoms with van der Waals surface area (Å²) in [5.74, 6) is -0.491. The van der Waals surface area contributed by atoms with Crippen molar-refractivity contribution in [1.29, 1.82) is 0 Å². The van der Waals surface area contributed by atoms with Crippen molar-refractivity contribution < 1.29 is 14.3 Å². The Morgan fingerprint density at radius 2 is 2.26 bits per heavy atom. The van der Waals surface area contributed by atoms with E-state index in [0.717, 1.165) is 0 Å². The third-order valence-corrected chi connectivity index (χ3v) is 3.12. The first-order chi connectivity index (χ1) is 8.93. The molecule has 0 aromatic heterocycles. The van der Waals surface area contributed by atoms with Gasteiger partial charge in [-0.25, -0.2) is 4.39 Å². The molecular formula is C13H18FN3O2. The molecule has 5 nitrogen and oxygen atoms in total. The van der Waals surface area contributed by atoms with Crippen molar-refractivity contribution in [3.8, 4) is 0 Å². The molecule has 1 heterocycles. The van der Waals surface area contributed by atoms with Crippen LogP contribution in [0.4, 0.5) is 10.1 Å². The van der Waals surface area contributed by atoms with Crippen LogP contribution in [-0.2, 0) is 4.74 Å². The number of amidine groups is 1. The number of ether oxygens (including phenoxy) is 1. The van der Waals surface area contributed by atoms with E-state index in [0.29, 0.717) is 30.9 Å². The molecule has 1 aliphatic heterocycles. The molecule has 1 saturated heterocycles. The molecule has 19 heavy (non-hydrogen) atoms. The molecule has 104 valence electrons. The Bertz CT molecular complexity index is 503. The average Bonchev–Trinajstić information content (AvgIpc) is 2.36. The Labute approximate surface area is 111 Å². The number of nitrogens with two attached hydrogens (primary N) is 1. The van der Waals surface area contributed by atoms with E-state index >= 15 is 0 Å². The maximum absolute atomic E-state index is 14.1. The minimum absolute atomic E-state index is 0.104. The number of hydrogen-bond donors (Lipinski definition) is 2. The van der Waals surface area contributed by atoms with Crippen LogP contribution in [-0.4, -0.2) is 36.3 Å². The molecule has 0 radical (unpaired) electrons. The molecule has 0 bridgehead atoms. The van der Waals surface area contributed by atoms with Crippen LogP contribution in [0.3, 0.4) is 0 Å². The van der Waals surface area contributed by atoms with Crippen molar-refractivity contribution in [3.05, 3.63) is 29.6 Å². The largest absolute Gasteiger partial charge is 0.409 e. The fourth-order valence-electron chi connectivity index (χ4n) is 2.20. The van der Waals surface area contributed by atoms with E-state index in [9.17, 15) is 4.39 Å². The number of halogens is 1. The molecular weight excluding hydrogens is 249 g/mol. The summed E-state index contributed by atoms with van der Waals surface area (Å²) in [6, 6.07) is 4.55. The molecule has 2 rings (SSSR count). The molecule has 0 unspecified atom stereocenters. The van der Waals surface area contributed by atoms with E-state index in [4.69, 9.17) is 15.7 Å². The Morgan fingerprint density at radius 3 is 2.84 bits per heavy atom. The fraction of sp³-hybridized carbons (Fsp3) is 0.462. The Kier molecular flexibility index (Phi) is 3.61. The molecule has 0 atom stereocenters. The van der Waals surface area contributed by atoms with Crippen molar-refractivity contribution in [3.63, 3.8) is 0 Å². The summed E-state index contributed by atoms with van der Waals surface area (Å²) in [4.78, 5) is 1.94. The zero-order valence-corrected chi connectivity index (χ0v) is 11.1. The van der Waals surface area contributed by atoms with Crippen LogP contribution in [0, 0.1) is 5.82 Å². The summed E-state index contributed by atoms with van der Waals surface area (Å²) < 4.78 is 19.7. The van der Waals surface area contributed by atoms with Crippen molar-refractivity contribution in [2.45, 2.75) is 19.4 Å². The predicted octanol–water partition coefficient (Wildman–Crippen LogP) is 1.54. The van der Waals surface area contributed by atoms with Gasteiger partial charge in [-0.05, 0) is 32.0 Å². The summed E-state index contributed by atoms with van der Waals surface area (Å²) in [6.07, 6.45) is 0. The predicted molar refractivity (Wildman–Crippen MR) is 71.2 cm³/mol. The number of benzene rings is 1. The lowest BCUT2D eigenvalue weighted by molar-refractivity contribution is -0.0278. The van der Waals surface area contributed by atoms with Crippen LogP contribution in [0.2, 0.25) is 0 Å². The normalized spacial score (nSPS) is 19.5. The van der Waals surface area contributed by atoms with Gasteiger partial charge in [-0.2, -0.15) is 0 Å². The van der Waals surface area contributed by atoms with Gasteiger partial charge in [0.25, 0.3) is 0 Å². The van der Waals surface area contributed by atoms with Crippen molar-refractivity contribution in [2.24, 2.45) is 10.9 Å². The van der Waals surface area contributed by atoms with E-state index in [1.165, 1.54) is 6.07 Å². The Hall–Kier alpha value is -1.82. The highest BCUT2D eigenvalue weighted by molar-refractivity contribution is 5.97. The standard InChI is InChI=1S/C13H18FN3O2/c1-13(2)8-17(5-6-19-13)11-4-3-9(7-10(11)14)12(15)16-18/h3-4,7,18H,5-6,8H2,1-2H3,(H2,15,16). The Balaban J connectivity index is 2.26. The molecule has 0 aliphatic carbocycles. The molecule has 1 aromatic rings. The minimum Gasteiger partial charge on any atom is -0.409 e. The van der Waals surface area contributed by atoms with Crippen molar-refractivity contribution >= 4 is 11.5 Å². The third kappa shape index (κ3) is 2.96. The highest BCUT2D eigenvalue weighted by Crippen LogP contribution is 2.26. The SMILES string of the molecule is CC1(C)CN(c2ccc(/C(N)=N/O)cc2F)CCO1. The molecule has 0 saturated carbocycles. The molecule has 6 heteroatoms. The van der Waals surface area contributed by atoms with Crippen LogP contribution in [0.15, 0.2) is 23.4 Å². The second kappa shape index (κ2) is 5.05. The van der Waals surface area contributed by atoms with Gasteiger partial charge in [0, 0.05) is 18.7 Å². The van der Waals surface area contributed by atoms with E-state index in [-0.39, 0.29) is 17.3 Å². The first-order valence-electron chi connectivity index (χ1n) is 6.09. The molecule has 0 spiro atoms. The van der Waals surface area contributed by atoms with Crippen LogP contribution in [0.5, 0.6) is 0 Å². The number of rotatable bonds is 2. The maximum atomic E-state index is 14.1. The summed E-state index contributed by atoms with van der Waals surface area (Å²) in [5.41, 5.74) is 6.00. The summed E-state index contributed by atoms with van der Waals surface area (Å²) in [7, 11) is 0. The van der Waals surface area contributed by atoms with Gasteiger partial charge in [0.2, 0.25) is 0 Å². The first-order valence-corrected chi connectivity index (χ1v) is 6.09. The smallest absolute Gasteiger partial charge is 0.170 e. The van der Waals surface area contributed by atoms with E-state index in [2.05, 4.69) is 5.16 Å². The number of hydrogen-bond acceptors (Lipinski definition) is 4. The lowest BCUT2D eigenvalue weighted by Gasteiger charge is -2.39. The monoisotopic (exact) mass is 267 g/mol. The highest BCUT2D eigenvalue weighted by atomic mass is 19.1. The number of nitrogens with zero attached hydrogens (tertiary/aromatic N) is 2. The van der Waals surface area contributed by atoms with Gasteiger partial charge in [0.15, 0.2) is 5.84 Å². The van der Waals surface area contributed by atoms with Gasteiger partial charge in [-0.1, -0.05) is 5.16 Å². The zero-order valence-electron chi connectivity index (χ0n) is 11.1. The minimum atomic E-state index is -0.387. The van der Waals surface area contributed by atoms with Crippen LogP contribution in [0.25, 0.3) is 0 Å². The average molecular weight is 267 g/mol. The Morgan fingerprint density at radius 1 is 1.53 bits per heavy atom. The summed E-state index contributed by atoms with van der Waals surface area (Å²) in [5, 5.41) is 11.4. The number of oxime groups is 1. The van der Waals surface area contributed by atoms with Gasteiger partial charge >= 0.3 is 0 Å². The molecule has 1 aromatic carbocycles. The number of morpholine rings is 1. The van der Waals surface area contributed by atoms with Crippen LogP contribution in [0.1, 0.15) is 19.4 Å². The third-order valence-electron chi connectivity index (χ3n) is 3.12. The topological polar surface area (TPSA) is 71.1 Å². The molecule has 3 N–H and O–H groups in total. The van der Waals surface area contributed by atoms with E-state index in [1.807, 2.05) is 18.7 Å². The lowest BCUT2D eigenvalue weighted by Crippen LogP contribution is -2.48. The number of anilines is 1. The molecule has 0 amide bonds. The van der Waals surface area contributed by atoms with E-state index in [1.54, 1.807) is 12.1 Å². The molecule has 1 aliphatic rings. The van der Waals surface area contributed by atoms with E-state index < -0.39 is 0 Å². The van der Waals surface area contributed by atoms with Crippen molar-refractivity contribution in [1.82, 2.24) is 0 Å². The van der Waals surface area contributed by atoms with Gasteiger partial charge in [-0.15, -0.1) is 0 Å². The second-order valence-corrected chi connectivity index (χ2v) is 5.18. The van der Waals surface area contributed by atoms with Crippen LogP contribution >= 0.6 is 0 Å². The second-order valence-electron chi connectivity index (χ2n) is 5.18. The molecule has 1 fully saturated rings. The first kappa shape index (κ1) is 13.6. The van der Waals surface area contributed by atoms with Crippen molar-refractivity contribution in [2.75, 3.05) is 24.6 Å². The van der Waals surface area contributed by atoms with Gasteiger partial charge in [0.1, 0.15) is 5.82 Å². The highest BCUT2D eigenvalue weighted by Gasteiger charge is 2.28. The summed E-state index contributed by atoms with van der Waals surface area (Å²) in [6.45, 7) is 5.77. The lowest BCUT2D eigenvalue weighted by atomic mass is 10.1. The quantitative estimate of drug-likeness (QED) is 0.369. The van der Waals surface area contributed by atoms with Gasteiger partial charge < -0.3 is 20.6 Å². The van der Waals surface area contributed by atoms with Gasteiger partial charge in [0.05, 0.1) is 17.9 Å². The maximum Gasteiger partial charge on any atom is 0.170 e. The van der Waals surface area contributed by atoms with Crippen LogP contribution < -0.4 is 10.6 Å². The van der Waals surface area contributed by atoms with Gasteiger partial charge in [-0.3, -0.25) is 0 Å².